The second kappa shape index (κ2) is 6.71. The SMILES string of the molecule is CO[C@H]1CC[C@]2(CC1)Cc1cc(C)c(-c3cc(F)ccc3F)cc1[C@@]21N=CC(N)=N1. The quantitative estimate of drug-likeness (QED) is 0.784. The van der Waals surface area contributed by atoms with Crippen LogP contribution in [0.1, 0.15) is 42.4 Å². The van der Waals surface area contributed by atoms with Gasteiger partial charge >= 0.3 is 0 Å². The topological polar surface area (TPSA) is 60.0 Å². The number of nitrogens with zero attached hydrogens (tertiary/aromatic N) is 2. The third-order valence-electron chi connectivity index (χ3n) is 7.21. The smallest absolute Gasteiger partial charge is 0.184 e. The molecule has 1 fully saturated rings. The zero-order chi connectivity index (χ0) is 21.1. The van der Waals surface area contributed by atoms with Crippen LogP contribution in [0.3, 0.4) is 0 Å². The monoisotopic (exact) mass is 409 g/mol. The Morgan fingerprint density at radius 2 is 1.87 bits per heavy atom. The molecule has 2 aromatic rings. The number of methoxy groups -OCH3 is 1. The Bertz CT molecular complexity index is 1090. The first-order valence-corrected chi connectivity index (χ1v) is 10.4. The van der Waals surface area contributed by atoms with E-state index in [-0.39, 0.29) is 17.1 Å². The molecule has 1 saturated carbocycles. The van der Waals surface area contributed by atoms with Gasteiger partial charge in [0.25, 0.3) is 0 Å². The molecule has 3 aliphatic rings. The summed E-state index contributed by atoms with van der Waals surface area (Å²) >= 11 is 0. The van der Waals surface area contributed by atoms with Crippen LogP contribution in [0, 0.1) is 24.0 Å². The lowest BCUT2D eigenvalue weighted by atomic mass is 9.65. The van der Waals surface area contributed by atoms with Crippen molar-refractivity contribution in [2.45, 2.75) is 50.8 Å². The van der Waals surface area contributed by atoms with Gasteiger partial charge in [-0.05, 0) is 80.0 Å². The Kier molecular flexibility index (Phi) is 4.33. The van der Waals surface area contributed by atoms with Crippen LogP contribution in [0.5, 0.6) is 0 Å². The third kappa shape index (κ3) is 2.66. The molecule has 1 heterocycles. The summed E-state index contributed by atoms with van der Waals surface area (Å²) < 4.78 is 34.1. The van der Waals surface area contributed by atoms with Gasteiger partial charge in [-0.2, -0.15) is 0 Å². The van der Waals surface area contributed by atoms with Crippen LogP contribution in [0.2, 0.25) is 0 Å². The van der Waals surface area contributed by atoms with Crippen LogP contribution in [0.4, 0.5) is 8.78 Å². The fraction of sp³-hybridized carbons (Fsp3) is 0.417. The van der Waals surface area contributed by atoms with E-state index < -0.39 is 17.3 Å². The standard InChI is InChI=1S/C24H25F2N3O/c1-14-9-15-12-23(7-5-17(30-2)6-8-23)24(28-13-22(27)29-24)20(15)11-18(14)19-10-16(25)3-4-21(19)26/h3-4,9-11,13,17H,5-8,12H2,1-2H3,(H2,27,29)/t17-,23-,24-/m0/s1. The Hall–Kier alpha value is -2.60. The van der Waals surface area contributed by atoms with E-state index in [2.05, 4.69) is 6.07 Å². The minimum Gasteiger partial charge on any atom is -0.383 e. The summed E-state index contributed by atoms with van der Waals surface area (Å²) in [5, 5.41) is 0. The largest absolute Gasteiger partial charge is 0.383 e. The lowest BCUT2D eigenvalue weighted by molar-refractivity contribution is -0.000297. The number of rotatable bonds is 2. The average molecular weight is 409 g/mol. The third-order valence-corrected chi connectivity index (χ3v) is 7.21. The molecular weight excluding hydrogens is 384 g/mol. The maximum absolute atomic E-state index is 14.6. The summed E-state index contributed by atoms with van der Waals surface area (Å²) in [6, 6.07) is 7.61. The van der Waals surface area contributed by atoms with Gasteiger partial charge in [0.1, 0.15) is 17.5 Å². The van der Waals surface area contributed by atoms with Gasteiger partial charge in [-0.15, -0.1) is 0 Å². The summed E-state index contributed by atoms with van der Waals surface area (Å²) in [4.78, 5) is 9.72. The Balaban J connectivity index is 1.68. The van der Waals surface area contributed by atoms with E-state index in [1.165, 1.54) is 17.7 Å². The lowest BCUT2D eigenvalue weighted by Gasteiger charge is -2.44. The zero-order valence-corrected chi connectivity index (χ0v) is 17.2. The van der Waals surface area contributed by atoms with Crippen molar-refractivity contribution < 1.29 is 13.5 Å². The van der Waals surface area contributed by atoms with E-state index >= 15 is 0 Å². The normalized spacial score (nSPS) is 29.6. The van der Waals surface area contributed by atoms with Crippen LogP contribution in [-0.4, -0.2) is 25.3 Å². The molecule has 0 aromatic heterocycles. The fourth-order valence-corrected chi connectivity index (χ4v) is 5.70. The van der Waals surface area contributed by atoms with Gasteiger partial charge in [0.15, 0.2) is 5.66 Å². The van der Waals surface area contributed by atoms with Crippen molar-refractivity contribution in [2.75, 3.05) is 7.11 Å². The van der Waals surface area contributed by atoms with Gasteiger partial charge in [-0.3, -0.25) is 4.99 Å². The summed E-state index contributed by atoms with van der Waals surface area (Å²) in [5.41, 5.74) is 9.08. The molecule has 0 amide bonds. The van der Waals surface area contributed by atoms with Gasteiger partial charge in [-0.25, -0.2) is 13.8 Å². The number of amidine groups is 1. The van der Waals surface area contributed by atoms with Crippen molar-refractivity contribution in [3.8, 4) is 11.1 Å². The highest BCUT2D eigenvalue weighted by molar-refractivity contribution is 6.30. The maximum Gasteiger partial charge on any atom is 0.184 e. The van der Waals surface area contributed by atoms with E-state index in [0.29, 0.717) is 11.4 Å². The molecule has 0 saturated heterocycles. The summed E-state index contributed by atoms with van der Waals surface area (Å²) in [5.74, 6) is -0.494. The van der Waals surface area contributed by atoms with Crippen molar-refractivity contribution in [3.05, 3.63) is 58.7 Å². The summed E-state index contributed by atoms with van der Waals surface area (Å²) in [6.45, 7) is 1.94. The van der Waals surface area contributed by atoms with Crippen LogP contribution >= 0.6 is 0 Å². The van der Waals surface area contributed by atoms with E-state index in [9.17, 15) is 8.78 Å². The predicted octanol–water partition coefficient (Wildman–Crippen LogP) is 4.67. The van der Waals surface area contributed by atoms with Crippen molar-refractivity contribution in [3.63, 3.8) is 0 Å². The Labute approximate surface area is 174 Å². The van der Waals surface area contributed by atoms with Crippen molar-refractivity contribution in [1.82, 2.24) is 0 Å². The number of hydrogen-bond acceptors (Lipinski definition) is 4. The van der Waals surface area contributed by atoms with Crippen LogP contribution in [0.15, 0.2) is 40.3 Å². The van der Waals surface area contributed by atoms with E-state index in [0.717, 1.165) is 49.3 Å². The molecular formula is C24H25F2N3O. The fourth-order valence-electron chi connectivity index (χ4n) is 5.70. The number of halogens is 2. The maximum atomic E-state index is 14.6. The van der Waals surface area contributed by atoms with E-state index in [1.807, 2.05) is 13.0 Å². The minimum absolute atomic E-state index is 0.173. The number of fused-ring (bicyclic) bond motifs is 3. The highest BCUT2D eigenvalue weighted by Crippen LogP contribution is 2.62. The Morgan fingerprint density at radius 3 is 2.53 bits per heavy atom. The zero-order valence-electron chi connectivity index (χ0n) is 17.2. The second-order valence-electron chi connectivity index (χ2n) is 8.81. The first-order valence-electron chi connectivity index (χ1n) is 10.4. The molecule has 4 nitrogen and oxygen atoms in total. The number of aliphatic imine (C=N–C) groups is 2. The molecule has 2 aromatic carbocycles. The van der Waals surface area contributed by atoms with Crippen molar-refractivity contribution in [1.29, 1.82) is 0 Å². The first kappa shape index (κ1) is 19.4. The predicted molar refractivity (Wildman–Crippen MR) is 114 cm³/mol. The molecule has 6 heteroatoms. The molecule has 2 spiro atoms. The van der Waals surface area contributed by atoms with Gasteiger partial charge in [-0.1, -0.05) is 6.07 Å². The number of hydrogen-bond donors (Lipinski definition) is 1. The molecule has 30 heavy (non-hydrogen) atoms. The van der Waals surface area contributed by atoms with Gasteiger partial charge < -0.3 is 10.5 Å². The van der Waals surface area contributed by atoms with Crippen molar-refractivity contribution in [2.24, 2.45) is 21.1 Å². The lowest BCUT2D eigenvalue weighted by Crippen LogP contribution is -2.43. The van der Waals surface area contributed by atoms with Gasteiger partial charge in [0, 0.05) is 23.7 Å². The summed E-state index contributed by atoms with van der Waals surface area (Å²) in [6.07, 6.45) is 6.49. The molecule has 156 valence electrons. The average Bonchev–Trinajstić information content (AvgIpc) is 3.23. The van der Waals surface area contributed by atoms with Crippen LogP contribution in [-0.2, 0) is 16.8 Å². The molecule has 0 bridgehead atoms. The van der Waals surface area contributed by atoms with Crippen molar-refractivity contribution >= 4 is 12.1 Å². The molecule has 0 radical (unpaired) electrons. The molecule has 1 aliphatic heterocycles. The first-order chi connectivity index (χ1) is 14.4. The molecule has 2 aliphatic carbocycles. The van der Waals surface area contributed by atoms with E-state index in [1.54, 1.807) is 13.3 Å². The Morgan fingerprint density at radius 1 is 1.10 bits per heavy atom. The number of benzene rings is 2. The van der Waals surface area contributed by atoms with Crippen LogP contribution < -0.4 is 5.73 Å². The van der Waals surface area contributed by atoms with Gasteiger partial charge in [0.05, 0.1) is 12.3 Å². The molecule has 2 N–H and O–H groups in total. The summed E-state index contributed by atoms with van der Waals surface area (Å²) in [7, 11) is 1.76. The van der Waals surface area contributed by atoms with E-state index in [4.69, 9.17) is 20.5 Å². The highest BCUT2D eigenvalue weighted by atomic mass is 19.1. The molecule has 0 unspecified atom stereocenters. The minimum atomic E-state index is -0.794. The number of nitrogens with two attached hydrogens (primary N) is 1. The number of ether oxygens (including phenoxy) is 1. The molecule has 5 rings (SSSR count). The number of aryl methyl sites for hydroxylation is 1. The van der Waals surface area contributed by atoms with Crippen LogP contribution in [0.25, 0.3) is 11.1 Å². The second-order valence-corrected chi connectivity index (χ2v) is 8.81. The van der Waals surface area contributed by atoms with Gasteiger partial charge in [0.2, 0.25) is 0 Å². The highest BCUT2D eigenvalue weighted by Gasteiger charge is 2.60. The molecule has 1 atom stereocenters.